The Labute approximate surface area is 159 Å². The molecule has 2 heterocycles. The molecule has 1 fully saturated rings. The van der Waals surface area contributed by atoms with Crippen molar-refractivity contribution in [3.8, 4) is 6.07 Å². The smallest absolute Gasteiger partial charge is 0.262 e. The monoisotopic (exact) mass is 382 g/mol. The Morgan fingerprint density at radius 3 is 2.85 bits per heavy atom. The van der Waals surface area contributed by atoms with Crippen molar-refractivity contribution in [2.45, 2.75) is 30.5 Å². The zero-order valence-corrected chi connectivity index (χ0v) is 15.8. The average Bonchev–Trinajstić information content (AvgIpc) is 3.45. The maximum absolute atomic E-state index is 12.5. The minimum Gasteiger partial charge on any atom is -0.337 e. The Morgan fingerprint density at radius 2 is 2.15 bits per heavy atom. The molecule has 8 nitrogen and oxygen atoms in total. The summed E-state index contributed by atoms with van der Waals surface area (Å²) in [6.07, 6.45) is 1.93. The Morgan fingerprint density at radius 1 is 1.41 bits per heavy atom. The SMILES string of the molecule is Cn1c(=O)c2ccccc2n2c(SCC(=O)NC(C)(C#N)C3CC3)nnc12. The van der Waals surface area contributed by atoms with Crippen LogP contribution in [-0.2, 0) is 11.8 Å². The molecule has 1 unspecified atom stereocenters. The lowest BCUT2D eigenvalue weighted by atomic mass is 9.98. The van der Waals surface area contributed by atoms with Gasteiger partial charge in [-0.05, 0) is 37.8 Å². The second-order valence-corrected chi connectivity index (χ2v) is 7.87. The summed E-state index contributed by atoms with van der Waals surface area (Å²) in [5.74, 6) is 0.536. The topological polar surface area (TPSA) is 105 Å². The number of carbonyl (C=O) groups is 1. The van der Waals surface area contributed by atoms with E-state index in [9.17, 15) is 14.9 Å². The van der Waals surface area contributed by atoms with Gasteiger partial charge in [0.05, 0.1) is 22.7 Å². The molecule has 138 valence electrons. The van der Waals surface area contributed by atoms with E-state index < -0.39 is 5.54 Å². The molecular formula is C18H18N6O2S. The van der Waals surface area contributed by atoms with Crippen LogP contribution in [0.1, 0.15) is 19.8 Å². The van der Waals surface area contributed by atoms with Gasteiger partial charge in [0.25, 0.3) is 5.56 Å². The van der Waals surface area contributed by atoms with Crippen LogP contribution in [-0.4, -0.2) is 36.4 Å². The van der Waals surface area contributed by atoms with Crippen LogP contribution in [0, 0.1) is 17.2 Å². The third-order valence-corrected chi connectivity index (χ3v) is 5.88. The van der Waals surface area contributed by atoms with E-state index in [4.69, 9.17) is 0 Å². The minimum absolute atomic E-state index is 0.113. The number of nitriles is 1. The van der Waals surface area contributed by atoms with Crippen LogP contribution in [0.15, 0.2) is 34.2 Å². The number of thioether (sulfide) groups is 1. The van der Waals surface area contributed by atoms with Crippen LogP contribution in [0.2, 0.25) is 0 Å². The molecule has 1 aromatic carbocycles. The largest absolute Gasteiger partial charge is 0.337 e. The van der Waals surface area contributed by atoms with E-state index in [0.717, 1.165) is 12.8 Å². The third-order valence-electron chi connectivity index (χ3n) is 4.95. The van der Waals surface area contributed by atoms with Gasteiger partial charge < -0.3 is 5.32 Å². The number of amides is 1. The van der Waals surface area contributed by atoms with E-state index in [-0.39, 0.29) is 23.1 Å². The van der Waals surface area contributed by atoms with E-state index in [1.165, 1.54) is 16.3 Å². The van der Waals surface area contributed by atoms with Gasteiger partial charge in [-0.25, -0.2) is 0 Å². The zero-order chi connectivity index (χ0) is 19.2. The highest BCUT2D eigenvalue weighted by Gasteiger charge is 2.42. The van der Waals surface area contributed by atoms with Crippen molar-refractivity contribution < 1.29 is 4.79 Å². The van der Waals surface area contributed by atoms with E-state index in [2.05, 4.69) is 21.6 Å². The fourth-order valence-corrected chi connectivity index (χ4v) is 3.98. The first kappa shape index (κ1) is 17.5. The van der Waals surface area contributed by atoms with Crippen LogP contribution in [0.4, 0.5) is 0 Å². The Bertz CT molecular complexity index is 1160. The average molecular weight is 382 g/mol. The summed E-state index contributed by atoms with van der Waals surface area (Å²) in [7, 11) is 1.65. The molecule has 9 heteroatoms. The van der Waals surface area contributed by atoms with Gasteiger partial charge in [0.15, 0.2) is 5.16 Å². The Hall–Kier alpha value is -2.86. The van der Waals surface area contributed by atoms with Crippen molar-refractivity contribution in [2.24, 2.45) is 13.0 Å². The molecule has 1 amide bonds. The highest BCUT2D eigenvalue weighted by molar-refractivity contribution is 7.99. The van der Waals surface area contributed by atoms with Gasteiger partial charge in [0.2, 0.25) is 11.7 Å². The second kappa shape index (κ2) is 6.39. The Balaban J connectivity index is 1.63. The standard InChI is InChI=1S/C18H18N6O2S/c1-18(10-19,11-7-8-11)20-14(25)9-27-17-22-21-16-23(2)15(26)12-5-3-4-6-13(12)24(16)17/h3-6,11H,7-9H2,1-2H3,(H,20,25). The van der Waals surface area contributed by atoms with Crippen LogP contribution >= 0.6 is 11.8 Å². The number of para-hydroxylation sites is 1. The lowest BCUT2D eigenvalue weighted by Gasteiger charge is -2.22. The van der Waals surface area contributed by atoms with Gasteiger partial charge in [0.1, 0.15) is 5.54 Å². The summed E-state index contributed by atoms with van der Waals surface area (Å²) >= 11 is 1.23. The number of carbonyl (C=O) groups excluding carboxylic acids is 1. The fourth-order valence-electron chi connectivity index (χ4n) is 3.24. The van der Waals surface area contributed by atoms with Gasteiger partial charge in [-0.15, -0.1) is 10.2 Å². The van der Waals surface area contributed by atoms with Crippen molar-refractivity contribution >= 4 is 34.3 Å². The lowest BCUT2D eigenvalue weighted by Crippen LogP contribution is -2.47. The molecule has 0 saturated heterocycles. The molecule has 0 bridgehead atoms. The van der Waals surface area contributed by atoms with Gasteiger partial charge >= 0.3 is 0 Å². The number of hydrogen-bond donors (Lipinski definition) is 1. The first-order valence-corrected chi connectivity index (χ1v) is 9.61. The van der Waals surface area contributed by atoms with E-state index in [1.807, 2.05) is 12.1 Å². The summed E-state index contributed by atoms with van der Waals surface area (Å²) in [6, 6.07) is 9.46. The molecule has 0 spiro atoms. The molecule has 4 rings (SSSR count). The molecule has 3 aromatic rings. The molecule has 0 radical (unpaired) electrons. The van der Waals surface area contributed by atoms with Gasteiger partial charge in [-0.2, -0.15) is 5.26 Å². The normalized spacial score (nSPS) is 16.2. The molecule has 0 aliphatic heterocycles. The summed E-state index contributed by atoms with van der Waals surface area (Å²) in [4.78, 5) is 24.8. The van der Waals surface area contributed by atoms with Gasteiger partial charge in [-0.1, -0.05) is 23.9 Å². The molecule has 1 aliphatic carbocycles. The van der Waals surface area contributed by atoms with Crippen molar-refractivity contribution in [1.82, 2.24) is 24.5 Å². The molecule has 27 heavy (non-hydrogen) atoms. The van der Waals surface area contributed by atoms with Crippen molar-refractivity contribution in [2.75, 3.05) is 5.75 Å². The maximum atomic E-state index is 12.5. The summed E-state index contributed by atoms with van der Waals surface area (Å²) < 4.78 is 3.22. The Kier molecular flexibility index (Phi) is 4.15. The number of nitrogens with one attached hydrogen (secondary N) is 1. The zero-order valence-electron chi connectivity index (χ0n) is 15.0. The molecule has 1 saturated carbocycles. The van der Waals surface area contributed by atoms with Crippen LogP contribution in [0.3, 0.4) is 0 Å². The van der Waals surface area contributed by atoms with E-state index >= 15 is 0 Å². The number of fused-ring (bicyclic) bond motifs is 3. The van der Waals surface area contributed by atoms with E-state index in [1.54, 1.807) is 30.5 Å². The van der Waals surface area contributed by atoms with Crippen molar-refractivity contribution in [3.63, 3.8) is 0 Å². The fraction of sp³-hybridized carbons (Fsp3) is 0.389. The van der Waals surface area contributed by atoms with Gasteiger partial charge in [0, 0.05) is 7.05 Å². The predicted octanol–water partition coefficient (Wildman–Crippen LogP) is 1.48. The van der Waals surface area contributed by atoms with Gasteiger partial charge in [-0.3, -0.25) is 18.6 Å². The second-order valence-electron chi connectivity index (χ2n) is 6.92. The lowest BCUT2D eigenvalue weighted by molar-refractivity contribution is -0.119. The molecule has 2 aromatic heterocycles. The third kappa shape index (κ3) is 2.96. The van der Waals surface area contributed by atoms with Crippen LogP contribution in [0.5, 0.6) is 0 Å². The first-order valence-electron chi connectivity index (χ1n) is 8.62. The summed E-state index contributed by atoms with van der Waals surface area (Å²) in [5.41, 5.74) is -0.265. The highest BCUT2D eigenvalue weighted by Crippen LogP contribution is 2.39. The maximum Gasteiger partial charge on any atom is 0.262 e. The molecular weight excluding hydrogens is 364 g/mol. The number of aryl methyl sites for hydroxylation is 1. The first-order chi connectivity index (χ1) is 12.9. The van der Waals surface area contributed by atoms with Crippen LogP contribution in [0.25, 0.3) is 16.7 Å². The number of aromatic nitrogens is 4. The number of rotatable bonds is 5. The number of benzene rings is 1. The van der Waals surface area contributed by atoms with Crippen molar-refractivity contribution in [1.29, 1.82) is 5.26 Å². The minimum atomic E-state index is -0.818. The highest BCUT2D eigenvalue weighted by atomic mass is 32.2. The summed E-state index contributed by atoms with van der Waals surface area (Å²) in [6.45, 7) is 1.77. The van der Waals surface area contributed by atoms with E-state index in [0.29, 0.717) is 21.8 Å². The summed E-state index contributed by atoms with van der Waals surface area (Å²) in [5, 5.41) is 21.6. The quantitative estimate of drug-likeness (QED) is 0.670. The predicted molar refractivity (Wildman–Crippen MR) is 101 cm³/mol. The van der Waals surface area contributed by atoms with Crippen molar-refractivity contribution in [3.05, 3.63) is 34.6 Å². The molecule has 1 N–H and O–H groups in total. The molecule has 1 atom stereocenters. The van der Waals surface area contributed by atoms with Crippen LogP contribution < -0.4 is 10.9 Å². The number of hydrogen-bond acceptors (Lipinski definition) is 6. The number of nitrogens with zero attached hydrogens (tertiary/aromatic N) is 5. The molecule has 1 aliphatic rings.